The molecule has 0 aliphatic carbocycles. The molecule has 1 aromatic heterocycles. The lowest BCUT2D eigenvalue weighted by Crippen LogP contribution is -2.47. The summed E-state index contributed by atoms with van der Waals surface area (Å²) >= 11 is 0. The molecule has 1 atom stereocenters. The molecule has 3 rings (SSSR count). The quantitative estimate of drug-likeness (QED) is 0.869. The Bertz CT molecular complexity index is 716. The van der Waals surface area contributed by atoms with Gasteiger partial charge in [0.05, 0.1) is 12.6 Å². The lowest BCUT2D eigenvalue weighted by molar-refractivity contribution is 0.0583. The van der Waals surface area contributed by atoms with Gasteiger partial charge in [-0.2, -0.15) is 0 Å². The predicted molar refractivity (Wildman–Crippen MR) is 93.1 cm³/mol. The maximum Gasteiger partial charge on any atom is 0.254 e. The highest BCUT2D eigenvalue weighted by Gasteiger charge is 2.29. The molecular weight excluding hydrogens is 302 g/mol. The standard InChI is InChI=1S/C19H23N3O2/c1-14-4-5-18-16(10-14)11-22(17(13-24-18)12-21(2)3)19(23)15-6-8-20-9-7-15/h4-10,17H,11-13H2,1-3H3/t17-/m1/s1. The molecule has 1 aromatic carbocycles. The number of hydrogen-bond donors (Lipinski definition) is 0. The van der Waals surface area contributed by atoms with Gasteiger partial charge in [-0.1, -0.05) is 17.7 Å². The van der Waals surface area contributed by atoms with Crippen LogP contribution in [0.1, 0.15) is 21.5 Å². The van der Waals surface area contributed by atoms with Gasteiger partial charge < -0.3 is 14.5 Å². The fourth-order valence-corrected chi connectivity index (χ4v) is 3.03. The van der Waals surface area contributed by atoms with Crippen molar-refractivity contribution in [2.75, 3.05) is 27.2 Å². The molecule has 0 radical (unpaired) electrons. The smallest absolute Gasteiger partial charge is 0.254 e. The third kappa shape index (κ3) is 3.57. The SMILES string of the molecule is Cc1ccc2c(c1)CN(C(=O)c1ccncc1)[C@H](CN(C)C)CO2. The molecule has 0 saturated carbocycles. The van der Waals surface area contributed by atoms with E-state index in [1.165, 1.54) is 5.56 Å². The second kappa shape index (κ2) is 7.01. The summed E-state index contributed by atoms with van der Waals surface area (Å²) in [6.45, 7) is 3.85. The zero-order valence-corrected chi connectivity index (χ0v) is 14.4. The zero-order chi connectivity index (χ0) is 17.1. The van der Waals surface area contributed by atoms with Gasteiger partial charge in [-0.15, -0.1) is 0 Å². The Balaban J connectivity index is 1.95. The van der Waals surface area contributed by atoms with E-state index in [2.05, 4.69) is 22.9 Å². The molecule has 2 aromatic rings. The van der Waals surface area contributed by atoms with Gasteiger partial charge in [-0.05, 0) is 39.2 Å². The van der Waals surface area contributed by atoms with Crippen LogP contribution in [0.3, 0.4) is 0 Å². The van der Waals surface area contributed by atoms with Crippen LogP contribution in [0.2, 0.25) is 0 Å². The van der Waals surface area contributed by atoms with E-state index in [9.17, 15) is 4.79 Å². The van der Waals surface area contributed by atoms with Crippen molar-refractivity contribution in [1.82, 2.24) is 14.8 Å². The molecule has 0 spiro atoms. The summed E-state index contributed by atoms with van der Waals surface area (Å²) in [4.78, 5) is 21.1. The van der Waals surface area contributed by atoms with Gasteiger partial charge in [0.15, 0.2) is 0 Å². The summed E-state index contributed by atoms with van der Waals surface area (Å²) in [7, 11) is 4.02. The van der Waals surface area contributed by atoms with Gasteiger partial charge in [0, 0.05) is 30.1 Å². The monoisotopic (exact) mass is 325 g/mol. The van der Waals surface area contributed by atoms with E-state index >= 15 is 0 Å². The van der Waals surface area contributed by atoms with Crippen molar-refractivity contribution in [3.05, 3.63) is 59.4 Å². The molecule has 5 nitrogen and oxygen atoms in total. The summed E-state index contributed by atoms with van der Waals surface area (Å²) in [5.74, 6) is 0.886. The summed E-state index contributed by atoms with van der Waals surface area (Å²) < 4.78 is 6.00. The second-order valence-corrected chi connectivity index (χ2v) is 6.51. The van der Waals surface area contributed by atoms with Gasteiger partial charge in [0.2, 0.25) is 0 Å². The Morgan fingerprint density at radius 2 is 2.04 bits per heavy atom. The van der Waals surface area contributed by atoms with Gasteiger partial charge in [0.25, 0.3) is 5.91 Å². The molecule has 0 fully saturated rings. The Morgan fingerprint density at radius 3 is 2.75 bits per heavy atom. The molecule has 5 heteroatoms. The minimum Gasteiger partial charge on any atom is -0.491 e. The maximum atomic E-state index is 13.1. The highest BCUT2D eigenvalue weighted by Crippen LogP contribution is 2.27. The van der Waals surface area contributed by atoms with Crippen LogP contribution in [0.15, 0.2) is 42.7 Å². The first-order valence-electron chi connectivity index (χ1n) is 8.12. The van der Waals surface area contributed by atoms with Crippen LogP contribution in [0.4, 0.5) is 0 Å². The molecule has 1 aliphatic rings. The molecule has 0 unspecified atom stereocenters. The minimum atomic E-state index is -0.00614. The minimum absolute atomic E-state index is 0.00614. The molecule has 2 heterocycles. The van der Waals surface area contributed by atoms with Crippen LogP contribution in [0.25, 0.3) is 0 Å². The Hall–Kier alpha value is -2.40. The molecular formula is C19H23N3O2. The number of amides is 1. The molecule has 1 aliphatic heterocycles. The first-order valence-corrected chi connectivity index (χ1v) is 8.12. The van der Waals surface area contributed by atoms with Crippen LogP contribution in [-0.4, -0.2) is 54.0 Å². The van der Waals surface area contributed by atoms with Crippen LogP contribution in [0.5, 0.6) is 5.75 Å². The summed E-state index contributed by atoms with van der Waals surface area (Å²) in [5, 5.41) is 0. The Labute approximate surface area is 142 Å². The van der Waals surface area contributed by atoms with Crippen LogP contribution >= 0.6 is 0 Å². The lowest BCUT2D eigenvalue weighted by atomic mass is 10.1. The van der Waals surface area contributed by atoms with E-state index in [4.69, 9.17) is 4.74 Å². The number of likely N-dealkylation sites (N-methyl/N-ethyl adjacent to an activating group) is 1. The third-order valence-electron chi connectivity index (χ3n) is 4.19. The fraction of sp³-hybridized carbons (Fsp3) is 0.368. The molecule has 0 N–H and O–H groups in total. The average molecular weight is 325 g/mol. The molecule has 24 heavy (non-hydrogen) atoms. The number of ether oxygens (including phenoxy) is 1. The van der Waals surface area contributed by atoms with Crippen molar-refractivity contribution in [3.63, 3.8) is 0 Å². The molecule has 0 saturated heterocycles. The van der Waals surface area contributed by atoms with Gasteiger partial charge in [-0.3, -0.25) is 9.78 Å². The lowest BCUT2D eigenvalue weighted by Gasteiger charge is -2.31. The number of hydrogen-bond acceptors (Lipinski definition) is 4. The number of carbonyl (C=O) groups is 1. The highest BCUT2D eigenvalue weighted by molar-refractivity contribution is 5.94. The zero-order valence-electron chi connectivity index (χ0n) is 14.4. The van der Waals surface area contributed by atoms with E-state index in [0.29, 0.717) is 18.7 Å². The number of carbonyl (C=O) groups excluding carboxylic acids is 1. The Morgan fingerprint density at radius 1 is 1.29 bits per heavy atom. The first kappa shape index (κ1) is 16.5. The van der Waals surface area contributed by atoms with Gasteiger partial charge in [-0.25, -0.2) is 0 Å². The predicted octanol–water partition coefficient (Wildman–Crippen LogP) is 2.36. The number of aromatic nitrogens is 1. The van der Waals surface area contributed by atoms with E-state index < -0.39 is 0 Å². The van der Waals surface area contributed by atoms with Crippen molar-refractivity contribution < 1.29 is 9.53 Å². The maximum absolute atomic E-state index is 13.1. The van der Waals surface area contributed by atoms with Crippen LogP contribution in [0, 0.1) is 6.92 Å². The number of fused-ring (bicyclic) bond motifs is 1. The summed E-state index contributed by atoms with van der Waals surface area (Å²) in [5.41, 5.74) is 2.88. The van der Waals surface area contributed by atoms with Crippen LogP contribution < -0.4 is 4.74 Å². The molecule has 126 valence electrons. The van der Waals surface area contributed by atoms with Gasteiger partial charge >= 0.3 is 0 Å². The summed E-state index contributed by atoms with van der Waals surface area (Å²) in [6, 6.07) is 9.65. The van der Waals surface area contributed by atoms with Crippen molar-refractivity contribution in [1.29, 1.82) is 0 Å². The molecule has 0 bridgehead atoms. The van der Waals surface area contributed by atoms with Gasteiger partial charge in [0.1, 0.15) is 12.4 Å². The number of pyridine rings is 1. The normalized spacial score (nSPS) is 17.2. The van der Waals surface area contributed by atoms with E-state index in [1.54, 1.807) is 24.5 Å². The highest BCUT2D eigenvalue weighted by atomic mass is 16.5. The van der Waals surface area contributed by atoms with Crippen molar-refractivity contribution in [3.8, 4) is 5.75 Å². The van der Waals surface area contributed by atoms with Crippen molar-refractivity contribution in [2.45, 2.75) is 19.5 Å². The average Bonchev–Trinajstić information content (AvgIpc) is 2.74. The van der Waals surface area contributed by atoms with Crippen molar-refractivity contribution >= 4 is 5.91 Å². The Kier molecular flexibility index (Phi) is 4.81. The summed E-state index contributed by atoms with van der Waals surface area (Å²) in [6.07, 6.45) is 3.31. The third-order valence-corrected chi connectivity index (χ3v) is 4.19. The number of rotatable bonds is 3. The fourth-order valence-electron chi connectivity index (χ4n) is 3.03. The van der Waals surface area contributed by atoms with Crippen molar-refractivity contribution in [2.24, 2.45) is 0 Å². The largest absolute Gasteiger partial charge is 0.491 e. The van der Waals surface area contributed by atoms with E-state index in [1.807, 2.05) is 31.1 Å². The second-order valence-electron chi connectivity index (χ2n) is 6.51. The molecule has 1 amide bonds. The number of aryl methyl sites for hydroxylation is 1. The first-order chi connectivity index (χ1) is 11.5. The van der Waals surface area contributed by atoms with Crippen LogP contribution in [-0.2, 0) is 6.54 Å². The number of nitrogens with zero attached hydrogens (tertiary/aromatic N) is 3. The number of benzene rings is 1. The van der Waals surface area contributed by atoms with E-state index in [-0.39, 0.29) is 11.9 Å². The topological polar surface area (TPSA) is 45.7 Å². The van der Waals surface area contributed by atoms with E-state index in [0.717, 1.165) is 17.9 Å².